The highest BCUT2D eigenvalue weighted by Gasteiger charge is 2.25. The summed E-state index contributed by atoms with van der Waals surface area (Å²) in [5, 5.41) is 14.2. The van der Waals surface area contributed by atoms with Gasteiger partial charge >= 0.3 is 0 Å². The predicted octanol–water partition coefficient (Wildman–Crippen LogP) is 0.380. The monoisotopic (exact) mass is 251 g/mol. The number of carbonyl (C=O) groups excluding carboxylic acids is 1. The Hall–Kier alpha value is -1.43. The SMILES string of the molecule is CC1CCC(C(=O)NC(C)c2nncn2C)CN1. The van der Waals surface area contributed by atoms with Crippen LogP contribution in [0.1, 0.15) is 38.6 Å². The summed E-state index contributed by atoms with van der Waals surface area (Å²) in [6, 6.07) is 0.412. The van der Waals surface area contributed by atoms with Crippen molar-refractivity contribution in [1.29, 1.82) is 0 Å². The maximum absolute atomic E-state index is 12.1. The highest BCUT2D eigenvalue weighted by atomic mass is 16.2. The van der Waals surface area contributed by atoms with E-state index in [1.807, 2.05) is 18.5 Å². The van der Waals surface area contributed by atoms with Crippen LogP contribution in [0.15, 0.2) is 6.33 Å². The van der Waals surface area contributed by atoms with E-state index in [-0.39, 0.29) is 17.9 Å². The zero-order chi connectivity index (χ0) is 13.1. The quantitative estimate of drug-likeness (QED) is 0.814. The van der Waals surface area contributed by atoms with E-state index < -0.39 is 0 Å². The van der Waals surface area contributed by atoms with Gasteiger partial charge in [0.15, 0.2) is 5.82 Å². The van der Waals surface area contributed by atoms with Crippen molar-refractivity contribution >= 4 is 5.91 Å². The molecule has 1 aromatic rings. The van der Waals surface area contributed by atoms with Crippen LogP contribution in [0.2, 0.25) is 0 Å². The minimum absolute atomic E-state index is 0.0666. The number of piperidine rings is 1. The Morgan fingerprint density at radius 2 is 2.39 bits per heavy atom. The van der Waals surface area contributed by atoms with E-state index in [9.17, 15) is 4.79 Å². The summed E-state index contributed by atoms with van der Waals surface area (Å²) in [6.45, 7) is 4.84. The molecule has 6 heteroatoms. The number of aromatic nitrogens is 3. The second-order valence-corrected chi connectivity index (χ2v) is 5.11. The molecule has 6 nitrogen and oxygen atoms in total. The molecule has 1 aliphatic rings. The van der Waals surface area contributed by atoms with Crippen LogP contribution in [0.25, 0.3) is 0 Å². The second kappa shape index (κ2) is 5.48. The van der Waals surface area contributed by atoms with Crippen LogP contribution in [0.5, 0.6) is 0 Å². The third-order valence-electron chi connectivity index (χ3n) is 3.52. The zero-order valence-corrected chi connectivity index (χ0v) is 11.2. The van der Waals surface area contributed by atoms with E-state index in [1.165, 1.54) is 0 Å². The number of carbonyl (C=O) groups is 1. The fourth-order valence-electron chi connectivity index (χ4n) is 2.30. The van der Waals surface area contributed by atoms with E-state index in [2.05, 4.69) is 27.8 Å². The minimum atomic E-state index is -0.107. The van der Waals surface area contributed by atoms with E-state index >= 15 is 0 Å². The van der Waals surface area contributed by atoms with Crippen LogP contribution in [0.3, 0.4) is 0 Å². The van der Waals surface area contributed by atoms with Crippen LogP contribution in [-0.4, -0.2) is 33.3 Å². The van der Waals surface area contributed by atoms with E-state index in [4.69, 9.17) is 0 Å². The molecule has 2 heterocycles. The van der Waals surface area contributed by atoms with E-state index in [0.717, 1.165) is 25.2 Å². The van der Waals surface area contributed by atoms with Crippen molar-refractivity contribution in [2.24, 2.45) is 13.0 Å². The summed E-state index contributed by atoms with van der Waals surface area (Å²) in [4.78, 5) is 12.1. The van der Waals surface area contributed by atoms with Crippen LogP contribution >= 0.6 is 0 Å². The molecule has 3 unspecified atom stereocenters. The highest BCUT2D eigenvalue weighted by Crippen LogP contribution is 2.16. The number of hydrogen-bond donors (Lipinski definition) is 2. The van der Waals surface area contributed by atoms with Gasteiger partial charge in [-0.05, 0) is 26.7 Å². The largest absolute Gasteiger partial charge is 0.346 e. The lowest BCUT2D eigenvalue weighted by Gasteiger charge is -2.27. The Bertz CT molecular complexity index is 408. The molecule has 1 aliphatic heterocycles. The first-order valence-electron chi connectivity index (χ1n) is 6.45. The Labute approximate surface area is 107 Å². The predicted molar refractivity (Wildman–Crippen MR) is 67.7 cm³/mol. The van der Waals surface area contributed by atoms with E-state index in [0.29, 0.717) is 6.04 Å². The van der Waals surface area contributed by atoms with E-state index in [1.54, 1.807) is 6.33 Å². The average Bonchev–Trinajstić information content (AvgIpc) is 2.76. The van der Waals surface area contributed by atoms with Gasteiger partial charge in [0.25, 0.3) is 0 Å². The average molecular weight is 251 g/mol. The summed E-state index contributed by atoms with van der Waals surface area (Å²) in [5.41, 5.74) is 0. The van der Waals surface area contributed by atoms with Crippen molar-refractivity contribution in [3.63, 3.8) is 0 Å². The summed E-state index contributed by atoms with van der Waals surface area (Å²) < 4.78 is 1.83. The first-order valence-corrected chi connectivity index (χ1v) is 6.45. The van der Waals surface area contributed by atoms with Crippen molar-refractivity contribution in [3.05, 3.63) is 12.2 Å². The molecule has 1 fully saturated rings. The number of aryl methyl sites for hydroxylation is 1. The maximum Gasteiger partial charge on any atom is 0.224 e. The molecule has 1 aromatic heterocycles. The Morgan fingerprint density at radius 1 is 1.61 bits per heavy atom. The highest BCUT2D eigenvalue weighted by molar-refractivity contribution is 5.79. The van der Waals surface area contributed by atoms with Crippen molar-refractivity contribution in [2.45, 2.75) is 38.8 Å². The summed E-state index contributed by atoms with van der Waals surface area (Å²) in [5.74, 6) is 0.947. The van der Waals surface area contributed by atoms with Gasteiger partial charge in [-0.3, -0.25) is 4.79 Å². The minimum Gasteiger partial charge on any atom is -0.346 e. The molecule has 100 valence electrons. The van der Waals surface area contributed by atoms with Gasteiger partial charge in [0, 0.05) is 19.6 Å². The molecule has 0 saturated carbocycles. The molecule has 0 aliphatic carbocycles. The van der Waals surface area contributed by atoms with Crippen LogP contribution in [-0.2, 0) is 11.8 Å². The first-order chi connectivity index (χ1) is 8.58. The lowest BCUT2D eigenvalue weighted by molar-refractivity contribution is -0.126. The maximum atomic E-state index is 12.1. The van der Waals surface area contributed by atoms with Crippen molar-refractivity contribution in [3.8, 4) is 0 Å². The third-order valence-corrected chi connectivity index (χ3v) is 3.52. The Morgan fingerprint density at radius 3 is 2.94 bits per heavy atom. The van der Waals surface area contributed by atoms with Crippen molar-refractivity contribution in [1.82, 2.24) is 25.4 Å². The van der Waals surface area contributed by atoms with Crippen LogP contribution < -0.4 is 10.6 Å². The second-order valence-electron chi connectivity index (χ2n) is 5.11. The fraction of sp³-hybridized carbons (Fsp3) is 0.750. The molecular formula is C12H21N5O. The smallest absolute Gasteiger partial charge is 0.224 e. The molecule has 18 heavy (non-hydrogen) atoms. The molecule has 3 atom stereocenters. The lowest BCUT2D eigenvalue weighted by atomic mass is 9.94. The van der Waals surface area contributed by atoms with Gasteiger partial charge in [0.05, 0.1) is 12.0 Å². The van der Waals surface area contributed by atoms with Gasteiger partial charge in [-0.1, -0.05) is 0 Å². The molecule has 1 saturated heterocycles. The Kier molecular flexibility index (Phi) is 3.96. The van der Waals surface area contributed by atoms with Gasteiger partial charge in [-0.2, -0.15) is 0 Å². The number of rotatable bonds is 3. The molecule has 1 amide bonds. The normalized spacial score (nSPS) is 25.7. The van der Waals surface area contributed by atoms with Crippen molar-refractivity contribution in [2.75, 3.05) is 6.54 Å². The summed E-state index contributed by atoms with van der Waals surface area (Å²) >= 11 is 0. The molecular weight excluding hydrogens is 230 g/mol. The van der Waals surface area contributed by atoms with Gasteiger partial charge < -0.3 is 15.2 Å². The number of amides is 1. The van der Waals surface area contributed by atoms with Crippen molar-refractivity contribution < 1.29 is 4.79 Å². The fourth-order valence-corrected chi connectivity index (χ4v) is 2.30. The van der Waals surface area contributed by atoms with Gasteiger partial charge in [-0.15, -0.1) is 10.2 Å². The molecule has 0 spiro atoms. The van der Waals surface area contributed by atoms with Gasteiger partial charge in [0.2, 0.25) is 5.91 Å². The third kappa shape index (κ3) is 2.87. The molecule has 2 N–H and O–H groups in total. The zero-order valence-electron chi connectivity index (χ0n) is 11.2. The lowest BCUT2D eigenvalue weighted by Crippen LogP contribution is -2.44. The van der Waals surface area contributed by atoms with Crippen LogP contribution in [0, 0.1) is 5.92 Å². The topological polar surface area (TPSA) is 71.8 Å². The number of nitrogens with zero attached hydrogens (tertiary/aromatic N) is 3. The molecule has 0 radical (unpaired) electrons. The molecule has 0 aromatic carbocycles. The first kappa shape index (κ1) is 13.0. The number of hydrogen-bond acceptors (Lipinski definition) is 4. The standard InChI is InChI=1S/C12H21N5O/c1-8-4-5-10(6-13-8)12(18)15-9(2)11-16-14-7-17(11)3/h7-10,13H,4-6H2,1-3H3,(H,15,18). The molecule has 2 rings (SSSR count). The molecule has 0 bridgehead atoms. The summed E-state index contributed by atoms with van der Waals surface area (Å²) in [7, 11) is 1.88. The summed E-state index contributed by atoms with van der Waals surface area (Å²) in [6.07, 6.45) is 3.64. The Balaban J connectivity index is 1.89. The van der Waals surface area contributed by atoms with Crippen LogP contribution in [0.4, 0.5) is 0 Å². The van der Waals surface area contributed by atoms with Gasteiger partial charge in [-0.25, -0.2) is 0 Å². The van der Waals surface area contributed by atoms with Gasteiger partial charge in [0.1, 0.15) is 6.33 Å². The number of nitrogens with one attached hydrogen (secondary N) is 2.